The number of rotatable bonds is 8. The maximum absolute atomic E-state index is 13.1. The maximum atomic E-state index is 13.1. The van der Waals surface area contributed by atoms with E-state index in [2.05, 4.69) is 17.0 Å². The van der Waals surface area contributed by atoms with Crippen LogP contribution >= 0.6 is 0 Å². The first kappa shape index (κ1) is 20.6. The summed E-state index contributed by atoms with van der Waals surface area (Å²) in [7, 11) is 1.61. The molecular weight excluding hydrogens is 369 g/mol. The number of nitrogens with one attached hydrogen (secondary N) is 1. The number of aromatic amines is 1. The second kappa shape index (κ2) is 9.37. The van der Waals surface area contributed by atoms with Crippen LogP contribution in [0.3, 0.4) is 0 Å². The average Bonchev–Trinajstić information content (AvgIpc) is 3.05. The zero-order chi connectivity index (χ0) is 20.8. The largest absolute Gasteiger partial charge is 0.497 e. The first-order valence-electron chi connectivity index (χ1n) is 9.77. The highest BCUT2D eigenvalue weighted by atomic mass is 19.1. The Balaban J connectivity index is 1.86. The fraction of sp³-hybridized carbons (Fsp3) is 0.304. The van der Waals surface area contributed by atoms with E-state index in [4.69, 9.17) is 4.74 Å². The molecule has 1 heterocycles. The highest BCUT2D eigenvalue weighted by molar-refractivity contribution is 5.99. The van der Waals surface area contributed by atoms with Gasteiger partial charge >= 0.3 is 0 Å². The van der Waals surface area contributed by atoms with Crippen molar-refractivity contribution < 1.29 is 9.13 Å². The molecule has 0 aliphatic heterocycles. The van der Waals surface area contributed by atoms with Crippen molar-refractivity contribution >= 4 is 5.71 Å². The van der Waals surface area contributed by atoms with Crippen molar-refractivity contribution in [3.63, 3.8) is 0 Å². The standard InChI is InChI=1S/C23H26FN3O2/c1-4-5-21-22(16(2)25-15-14-17-6-8-18(24)9-7-17)23(28)27(26-21)19-10-12-20(29-3)13-11-19/h6-13,26H,4-5,14-15H2,1-3H3. The number of benzene rings is 2. The van der Waals surface area contributed by atoms with E-state index in [9.17, 15) is 9.18 Å². The van der Waals surface area contributed by atoms with Gasteiger partial charge in [-0.3, -0.25) is 14.9 Å². The average molecular weight is 395 g/mol. The molecular formula is C23H26FN3O2. The summed E-state index contributed by atoms with van der Waals surface area (Å²) >= 11 is 0. The Morgan fingerprint density at radius 1 is 1.10 bits per heavy atom. The molecule has 6 heteroatoms. The monoisotopic (exact) mass is 395 g/mol. The molecule has 0 aliphatic rings. The molecule has 3 rings (SSSR count). The van der Waals surface area contributed by atoms with Crippen LogP contribution in [0.5, 0.6) is 5.75 Å². The molecule has 0 unspecified atom stereocenters. The molecule has 0 atom stereocenters. The van der Waals surface area contributed by atoms with Gasteiger partial charge in [-0.1, -0.05) is 25.5 Å². The lowest BCUT2D eigenvalue weighted by atomic mass is 10.1. The van der Waals surface area contributed by atoms with E-state index in [-0.39, 0.29) is 11.4 Å². The summed E-state index contributed by atoms with van der Waals surface area (Å²) in [4.78, 5) is 17.7. The van der Waals surface area contributed by atoms with E-state index in [1.54, 1.807) is 23.9 Å². The fourth-order valence-corrected chi connectivity index (χ4v) is 3.28. The minimum absolute atomic E-state index is 0.110. The summed E-state index contributed by atoms with van der Waals surface area (Å²) in [6.07, 6.45) is 2.37. The number of aliphatic imine (C=N–C) groups is 1. The maximum Gasteiger partial charge on any atom is 0.280 e. The van der Waals surface area contributed by atoms with Crippen LogP contribution in [0.1, 0.15) is 37.1 Å². The molecule has 0 spiro atoms. The predicted molar refractivity (Wildman–Crippen MR) is 114 cm³/mol. The summed E-state index contributed by atoms with van der Waals surface area (Å²) < 4.78 is 19.8. The number of hydrogen-bond acceptors (Lipinski definition) is 3. The number of H-pyrrole nitrogens is 1. The van der Waals surface area contributed by atoms with Gasteiger partial charge in [0, 0.05) is 18.0 Å². The van der Waals surface area contributed by atoms with Crippen molar-refractivity contribution in [2.75, 3.05) is 13.7 Å². The molecule has 0 saturated carbocycles. The lowest BCUT2D eigenvalue weighted by molar-refractivity contribution is 0.414. The molecule has 0 aliphatic carbocycles. The minimum atomic E-state index is -0.246. The quantitative estimate of drug-likeness (QED) is 0.578. The number of ether oxygens (including phenoxy) is 1. The number of aryl methyl sites for hydroxylation is 1. The Bertz CT molecular complexity index is 1030. The van der Waals surface area contributed by atoms with Crippen LogP contribution in [-0.4, -0.2) is 29.1 Å². The first-order valence-corrected chi connectivity index (χ1v) is 9.77. The van der Waals surface area contributed by atoms with Gasteiger partial charge in [0.05, 0.1) is 18.4 Å². The molecule has 1 aromatic heterocycles. The summed E-state index contributed by atoms with van der Waals surface area (Å²) in [6.45, 7) is 4.48. The molecule has 0 amide bonds. The molecule has 1 N–H and O–H groups in total. The van der Waals surface area contributed by atoms with Crippen LogP contribution in [0.2, 0.25) is 0 Å². The fourth-order valence-electron chi connectivity index (χ4n) is 3.28. The Morgan fingerprint density at radius 2 is 1.79 bits per heavy atom. The number of aromatic nitrogens is 2. The second-order valence-electron chi connectivity index (χ2n) is 6.90. The highest BCUT2D eigenvalue weighted by Gasteiger charge is 2.17. The normalized spacial score (nSPS) is 11.7. The van der Waals surface area contributed by atoms with Gasteiger partial charge in [0.1, 0.15) is 11.6 Å². The van der Waals surface area contributed by atoms with Crippen molar-refractivity contribution in [3.8, 4) is 11.4 Å². The zero-order valence-corrected chi connectivity index (χ0v) is 17.0. The Kier molecular flexibility index (Phi) is 6.65. The van der Waals surface area contributed by atoms with Crippen molar-refractivity contribution in [2.24, 2.45) is 4.99 Å². The molecule has 0 bridgehead atoms. The van der Waals surface area contributed by atoms with Crippen molar-refractivity contribution in [2.45, 2.75) is 33.1 Å². The Labute approximate surface area is 169 Å². The van der Waals surface area contributed by atoms with Crippen LogP contribution in [0.25, 0.3) is 5.69 Å². The lowest BCUT2D eigenvalue weighted by Gasteiger charge is -2.03. The molecule has 29 heavy (non-hydrogen) atoms. The molecule has 0 radical (unpaired) electrons. The van der Waals surface area contributed by atoms with E-state index in [0.29, 0.717) is 24.2 Å². The third-order valence-corrected chi connectivity index (χ3v) is 4.82. The van der Waals surface area contributed by atoms with Gasteiger partial charge in [0.25, 0.3) is 5.56 Å². The van der Waals surface area contributed by atoms with E-state index >= 15 is 0 Å². The topological polar surface area (TPSA) is 59.4 Å². The smallest absolute Gasteiger partial charge is 0.280 e. The van der Waals surface area contributed by atoms with Gasteiger partial charge in [0.15, 0.2) is 0 Å². The molecule has 152 valence electrons. The highest BCUT2D eigenvalue weighted by Crippen LogP contribution is 2.15. The SMILES string of the molecule is CCCc1[nH]n(-c2ccc(OC)cc2)c(=O)c1C(C)=NCCc1ccc(F)cc1. The zero-order valence-electron chi connectivity index (χ0n) is 17.0. The summed E-state index contributed by atoms with van der Waals surface area (Å²) in [6, 6.07) is 13.8. The van der Waals surface area contributed by atoms with Gasteiger partial charge in [-0.2, -0.15) is 0 Å². The molecule has 0 saturated heterocycles. The van der Waals surface area contributed by atoms with Gasteiger partial charge < -0.3 is 4.74 Å². The predicted octanol–water partition coefficient (Wildman–Crippen LogP) is 4.32. The minimum Gasteiger partial charge on any atom is -0.497 e. The van der Waals surface area contributed by atoms with Crippen molar-refractivity contribution in [1.82, 2.24) is 9.78 Å². The van der Waals surface area contributed by atoms with Gasteiger partial charge in [-0.05, 0) is 61.7 Å². The van der Waals surface area contributed by atoms with Crippen LogP contribution in [0.4, 0.5) is 4.39 Å². The Morgan fingerprint density at radius 3 is 2.41 bits per heavy atom. The molecule has 3 aromatic rings. The summed E-state index contributed by atoms with van der Waals surface area (Å²) in [5.74, 6) is 0.491. The van der Waals surface area contributed by atoms with Crippen LogP contribution < -0.4 is 10.3 Å². The first-order chi connectivity index (χ1) is 14.0. The molecule has 5 nitrogen and oxygen atoms in total. The van der Waals surface area contributed by atoms with Crippen LogP contribution in [0, 0.1) is 5.82 Å². The number of nitrogens with zero attached hydrogens (tertiary/aromatic N) is 2. The summed E-state index contributed by atoms with van der Waals surface area (Å²) in [5.41, 5.74) is 3.88. The number of hydrogen-bond donors (Lipinski definition) is 1. The van der Waals surface area contributed by atoms with Crippen LogP contribution in [0.15, 0.2) is 58.3 Å². The van der Waals surface area contributed by atoms with Crippen molar-refractivity contribution in [1.29, 1.82) is 0 Å². The second-order valence-corrected chi connectivity index (χ2v) is 6.90. The van der Waals surface area contributed by atoms with Gasteiger partial charge in [-0.25, -0.2) is 9.07 Å². The summed E-state index contributed by atoms with van der Waals surface area (Å²) in [5, 5.41) is 3.24. The van der Waals surface area contributed by atoms with Crippen LogP contribution in [-0.2, 0) is 12.8 Å². The third kappa shape index (κ3) is 4.83. The van der Waals surface area contributed by atoms with E-state index in [0.717, 1.165) is 35.5 Å². The van der Waals surface area contributed by atoms with E-state index < -0.39 is 0 Å². The Hall–Kier alpha value is -3.15. The van der Waals surface area contributed by atoms with Gasteiger partial charge in [-0.15, -0.1) is 0 Å². The third-order valence-electron chi connectivity index (χ3n) is 4.82. The van der Waals surface area contributed by atoms with Crippen molar-refractivity contribution in [3.05, 3.63) is 81.5 Å². The van der Waals surface area contributed by atoms with E-state index in [1.165, 1.54) is 12.1 Å². The van der Waals surface area contributed by atoms with E-state index in [1.807, 2.05) is 31.2 Å². The number of halogens is 1. The number of methoxy groups -OCH3 is 1. The van der Waals surface area contributed by atoms with Gasteiger partial charge in [0.2, 0.25) is 0 Å². The molecule has 2 aromatic carbocycles. The lowest BCUT2D eigenvalue weighted by Crippen LogP contribution is -2.20. The molecule has 0 fully saturated rings.